The fourth-order valence-electron chi connectivity index (χ4n) is 2.07. The van der Waals surface area contributed by atoms with Crippen LogP contribution in [0.2, 0.25) is 13.1 Å². The number of anilines is 1. The van der Waals surface area contributed by atoms with Crippen LogP contribution in [0.4, 0.5) is 5.69 Å². The van der Waals surface area contributed by atoms with E-state index in [9.17, 15) is 0 Å². The zero-order valence-corrected chi connectivity index (χ0v) is 10.1. The molecule has 0 fully saturated rings. The van der Waals surface area contributed by atoms with E-state index < -0.39 is 8.24 Å². The molecule has 0 bridgehead atoms. The molecule has 0 saturated heterocycles. The molecular formula is C12H17NSi. The predicted molar refractivity (Wildman–Crippen MR) is 65.8 cm³/mol. The van der Waals surface area contributed by atoms with Crippen LogP contribution in [0.25, 0.3) is 6.08 Å². The van der Waals surface area contributed by atoms with Crippen molar-refractivity contribution in [3.63, 3.8) is 0 Å². The number of allylic oxidation sites excluding steroid dienone is 1. The molecule has 0 aromatic heterocycles. The summed E-state index contributed by atoms with van der Waals surface area (Å²) < 4.78 is 0. The number of fused-ring (bicyclic) bond motifs is 1. The molecule has 1 N–H and O–H groups in total. The van der Waals surface area contributed by atoms with Gasteiger partial charge in [0.05, 0.1) is 0 Å². The molecule has 0 radical (unpaired) electrons. The number of para-hydroxylation sites is 1. The lowest BCUT2D eigenvalue weighted by Gasteiger charge is -2.32. The summed E-state index contributed by atoms with van der Waals surface area (Å²) in [5.74, 6) is 0. The summed E-state index contributed by atoms with van der Waals surface area (Å²) in [5, 5.41) is 1.61. The van der Waals surface area contributed by atoms with Gasteiger partial charge in [-0.1, -0.05) is 36.4 Å². The van der Waals surface area contributed by atoms with Gasteiger partial charge >= 0.3 is 0 Å². The Kier molecular flexibility index (Phi) is 2.23. The van der Waals surface area contributed by atoms with Crippen molar-refractivity contribution < 1.29 is 0 Å². The second-order valence-electron chi connectivity index (χ2n) is 4.36. The molecule has 0 aliphatic carbocycles. The van der Waals surface area contributed by atoms with Crippen LogP contribution in [0.5, 0.6) is 0 Å². The van der Waals surface area contributed by atoms with Crippen LogP contribution in [0.15, 0.2) is 29.5 Å². The largest absolute Gasteiger partial charge is 0.407 e. The topological polar surface area (TPSA) is 12.0 Å². The van der Waals surface area contributed by atoms with Crippen molar-refractivity contribution in [1.29, 1.82) is 0 Å². The minimum Gasteiger partial charge on any atom is -0.407 e. The molecule has 1 aromatic carbocycles. The summed E-state index contributed by atoms with van der Waals surface area (Å²) in [4.78, 5) is 3.71. The molecule has 2 rings (SSSR count). The van der Waals surface area contributed by atoms with Crippen LogP contribution in [0.3, 0.4) is 0 Å². The van der Waals surface area contributed by atoms with Gasteiger partial charge in [0.25, 0.3) is 0 Å². The number of nitrogens with one attached hydrogen (secondary N) is 1. The highest BCUT2D eigenvalue weighted by molar-refractivity contribution is 6.88. The van der Waals surface area contributed by atoms with Crippen LogP contribution in [0, 0.1) is 0 Å². The van der Waals surface area contributed by atoms with E-state index in [0.717, 1.165) is 0 Å². The van der Waals surface area contributed by atoms with Crippen LogP contribution in [0.1, 0.15) is 18.9 Å². The Morgan fingerprint density at radius 1 is 1.21 bits per heavy atom. The molecule has 0 unspecified atom stereocenters. The molecule has 1 aliphatic rings. The molecule has 0 amide bonds. The van der Waals surface area contributed by atoms with E-state index in [1.54, 1.807) is 5.20 Å². The molecule has 2 heteroatoms. The van der Waals surface area contributed by atoms with Crippen molar-refractivity contribution in [3.05, 3.63) is 35.0 Å². The van der Waals surface area contributed by atoms with Crippen molar-refractivity contribution >= 4 is 20.0 Å². The van der Waals surface area contributed by atoms with Gasteiger partial charge in [-0.25, -0.2) is 0 Å². The van der Waals surface area contributed by atoms with E-state index in [4.69, 9.17) is 0 Å². The first-order valence-corrected chi connectivity index (χ1v) is 8.22. The highest BCUT2D eigenvalue weighted by atomic mass is 28.3. The Bertz CT molecular complexity index is 380. The third-order valence-corrected chi connectivity index (χ3v) is 5.92. The van der Waals surface area contributed by atoms with Gasteiger partial charge in [0.1, 0.15) is 0 Å². The summed E-state index contributed by atoms with van der Waals surface area (Å²) in [6.07, 6.45) is 3.54. The smallest absolute Gasteiger partial charge is 0.175 e. The van der Waals surface area contributed by atoms with Crippen LogP contribution in [-0.2, 0) is 0 Å². The van der Waals surface area contributed by atoms with Crippen LogP contribution < -0.4 is 4.98 Å². The van der Waals surface area contributed by atoms with Gasteiger partial charge in [-0.15, -0.1) is 0 Å². The molecule has 0 atom stereocenters. The van der Waals surface area contributed by atoms with Crippen molar-refractivity contribution in [2.24, 2.45) is 0 Å². The number of benzene rings is 1. The normalized spacial score (nSPS) is 18.1. The van der Waals surface area contributed by atoms with Gasteiger partial charge < -0.3 is 4.98 Å². The van der Waals surface area contributed by atoms with Gasteiger partial charge in [0.2, 0.25) is 0 Å². The third-order valence-electron chi connectivity index (χ3n) is 2.92. The molecule has 0 saturated carbocycles. The standard InChI is InChI=1S/C12H17NSi/c1-4-11-9-10-7-5-6-8-12(10)13-14(11,2)3/h5-9,13H,4H2,1-3H3. The van der Waals surface area contributed by atoms with Crippen molar-refractivity contribution in [2.75, 3.05) is 4.98 Å². The van der Waals surface area contributed by atoms with E-state index in [-0.39, 0.29) is 0 Å². The summed E-state index contributed by atoms with van der Waals surface area (Å²) in [6, 6.07) is 8.56. The van der Waals surface area contributed by atoms with Gasteiger partial charge in [-0.05, 0) is 31.1 Å². The van der Waals surface area contributed by atoms with Gasteiger partial charge in [-0.2, -0.15) is 0 Å². The minimum atomic E-state index is -1.36. The second-order valence-corrected chi connectivity index (χ2v) is 8.50. The Morgan fingerprint density at radius 3 is 2.64 bits per heavy atom. The Hall–Kier alpha value is -1.02. The molecule has 1 aliphatic heterocycles. The first-order valence-electron chi connectivity index (χ1n) is 5.22. The summed E-state index contributed by atoms with van der Waals surface area (Å²) in [7, 11) is -1.36. The monoisotopic (exact) mass is 203 g/mol. The lowest BCUT2D eigenvalue weighted by molar-refractivity contribution is 1.17. The Labute approximate surface area is 86.9 Å². The predicted octanol–water partition coefficient (Wildman–Crippen LogP) is 3.65. The lowest BCUT2D eigenvalue weighted by Crippen LogP contribution is -2.41. The van der Waals surface area contributed by atoms with Gasteiger partial charge in [-0.3, -0.25) is 0 Å². The zero-order valence-electron chi connectivity index (χ0n) is 9.09. The maximum atomic E-state index is 3.71. The maximum absolute atomic E-state index is 3.71. The SMILES string of the molecule is CCC1=Cc2ccccc2N[Si]1(C)C. The van der Waals surface area contributed by atoms with E-state index in [1.807, 2.05) is 0 Å². The van der Waals surface area contributed by atoms with Crippen molar-refractivity contribution in [3.8, 4) is 0 Å². The molecular weight excluding hydrogens is 186 g/mol. The van der Waals surface area contributed by atoms with Crippen molar-refractivity contribution in [2.45, 2.75) is 26.4 Å². The van der Waals surface area contributed by atoms with E-state index in [1.165, 1.54) is 17.7 Å². The first kappa shape index (κ1) is 9.53. The highest BCUT2D eigenvalue weighted by Gasteiger charge is 2.28. The fourth-order valence-corrected chi connectivity index (χ4v) is 4.53. The Morgan fingerprint density at radius 2 is 1.93 bits per heavy atom. The molecule has 1 heterocycles. The Balaban J connectivity index is 2.50. The van der Waals surface area contributed by atoms with Gasteiger partial charge in [0.15, 0.2) is 8.24 Å². The lowest BCUT2D eigenvalue weighted by atomic mass is 10.1. The van der Waals surface area contributed by atoms with E-state index in [2.05, 4.69) is 55.3 Å². The molecule has 1 nitrogen and oxygen atoms in total. The van der Waals surface area contributed by atoms with Gasteiger partial charge in [0, 0.05) is 5.69 Å². The molecule has 74 valence electrons. The first-order chi connectivity index (χ1) is 6.63. The summed E-state index contributed by atoms with van der Waals surface area (Å²) >= 11 is 0. The fraction of sp³-hybridized carbons (Fsp3) is 0.333. The molecule has 0 spiro atoms. The van der Waals surface area contributed by atoms with E-state index >= 15 is 0 Å². The summed E-state index contributed by atoms with van der Waals surface area (Å²) in [6.45, 7) is 6.99. The number of hydrogen-bond acceptors (Lipinski definition) is 1. The van der Waals surface area contributed by atoms with Crippen molar-refractivity contribution in [1.82, 2.24) is 0 Å². The number of rotatable bonds is 1. The quantitative estimate of drug-likeness (QED) is 0.687. The average Bonchev–Trinajstić information content (AvgIpc) is 2.15. The second kappa shape index (κ2) is 3.28. The molecule has 1 aromatic rings. The molecule has 14 heavy (non-hydrogen) atoms. The van der Waals surface area contributed by atoms with Crippen LogP contribution >= 0.6 is 0 Å². The summed E-state index contributed by atoms with van der Waals surface area (Å²) in [5.41, 5.74) is 2.65. The maximum Gasteiger partial charge on any atom is 0.175 e. The average molecular weight is 203 g/mol. The zero-order chi connectivity index (χ0) is 10.2. The third kappa shape index (κ3) is 1.50. The minimum absolute atomic E-state index is 1.17. The number of hydrogen-bond donors (Lipinski definition) is 1. The van der Waals surface area contributed by atoms with Crippen LogP contribution in [-0.4, -0.2) is 8.24 Å². The van der Waals surface area contributed by atoms with E-state index in [0.29, 0.717) is 0 Å². The highest BCUT2D eigenvalue weighted by Crippen LogP contribution is 2.31.